The molecule has 0 aliphatic carbocycles. The Hall–Kier alpha value is -1.22. The third kappa shape index (κ3) is 42.8. The van der Waals surface area contributed by atoms with Crippen molar-refractivity contribution in [3.63, 3.8) is 0 Å². The van der Waals surface area contributed by atoms with Crippen molar-refractivity contribution >= 4 is 11.9 Å². The summed E-state index contributed by atoms with van der Waals surface area (Å²) in [5.41, 5.74) is 10.6. The topological polar surface area (TPSA) is 167 Å². The smallest absolute Gasteiger partial charge is 0.303 e. The van der Waals surface area contributed by atoms with Crippen LogP contribution in [0, 0.1) is 0 Å². The van der Waals surface area contributed by atoms with Gasteiger partial charge < -0.3 is 31.9 Å². The van der Waals surface area contributed by atoms with Crippen molar-refractivity contribution in [2.75, 3.05) is 26.3 Å². The van der Waals surface area contributed by atoms with Crippen LogP contribution in [0.25, 0.3) is 0 Å². The zero-order valence-electron chi connectivity index (χ0n) is 13.2. The predicted molar refractivity (Wildman–Crippen MR) is 84.5 cm³/mol. The molecule has 22 heavy (non-hydrogen) atoms. The molecule has 0 amide bonds. The van der Waals surface area contributed by atoms with E-state index in [1.165, 1.54) is 12.8 Å². The molecule has 0 saturated carbocycles. The highest BCUT2D eigenvalue weighted by Crippen LogP contribution is 1.98. The van der Waals surface area contributed by atoms with E-state index in [0.29, 0.717) is 12.8 Å². The number of carboxylic acids is 2. The van der Waals surface area contributed by atoms with Crippen LogP contribution in [0.2, 0.25) is 0 Å². The first-order chi connectivity index (χ1) is 10.5. The van der Waals surface area contributed by atoms with Gasteiger partial charge >= 0.3 is 11.9 Å². The maximum Gasteiger partial charge on any atom is 0.303 e. The minimum Gasteiger partial charge on any atom is -0.481 e. The van der Waals surface area contributed by atoms with E-state index < -0.39 is 11.9 Å². The molecule has 0 atom stereocenters. The fourth-order valence-corrected chi connectivity index (χ4v) is 1.19. The second-order valence-electron chi connectivity index (χ2n) is 4.43. The number of hydrogen-bond acceptors (Lipinski definition) is 6. The van der Waals surface area contributed by atoms with Crippen LogP contribution >= 0.6 is 0 Å². The minimum atomic E-state index is -0.870. The lowest BCUT2D eigenvalue weighted by molar-refractivity contribution is -0.139. The van der Waals surface area contributed by atoms with Gasteiger partial charge in [-0.05, 0) is 38.8 Å². The number of carbonyl (C=O) groups is 2. The molecular formula is C14H32N2O6. The van der Waals surface area contributed by atoms with E-state index in [9.17, 15) is 9.59 Å². The van der Waals surface area contributed by atoms with Crippen molar-refractivity contribution in [3.8, 4) is 0 Å². The number of nitrogens with two attached hydrogens (primary N) is 2. The Morgan fingerprint density at radius 1 is 0.636 bits per heavy atom. The Labute approximate surface area is 132 Å². The summed E-state index contributed by atoms with van der Waals surface area (Å²) in [6.07, 6.45) is 5.81. The van der Waals surface area contributed by atoms with E-state index in [1.54, 1.807) is 0 Å². The molecule has 8 nitrogen and oxygen atoms in total. The van der Waals surface area contributed by atoms with Crippen LogP contribution in [0.4, 0.5) is 0 Å². The second kappa shape index (κ2) is 24.8. The SMILES string of the molecule is NCCCCCCN.O=C(O)CCCCC(=O)O.OCCO. The molecule has 0 saturated heterocycles. The van der Waals surface area contributed by atoms with E-state index in [0.717, 1.165) is 25.9 Å². The monoisotopic (exact) mass is 324 g/mol. The van der Waals surface area contributed by atoms with Crippen molar-refractivity contribution in [2.45, 2.75) is 51.4 Å². The zero-order chi connectivity index (χ0) is 17.6. The maximum atomic E-state index is 9.90. The molecule has 0 unspecified atom stereocenters. The van der Waals surface area contributed by atoms with Crippen LogP contribution in [-0.4, -0.2) is 58.7 Å². The van der Waals surface area contributed by atoms with Gasteiger partial charge in [0.25, 0.3) is 0 Å². The molecule has 0 aliphatic heterocycles. The molecule has 0 spiro atoms. The van der Waals surface area contributed by atoms with Gasteiger partial charge in [-0.2, -0.15) is 0 Å². The molecule has 0 rings (SSSR count). The molecule has 0 fully saturated rings. The van der Waals surface area contributed by atoms with Gasteiger partial charge in [-0.1, -0.05) is 12.8 Å². The lowest BCUT2D eigenvalue weighted by Gasteiger charge is -1.94. The van der Waals surface area contributed by atoms with Crippen molar-refractivity contribution in [1.82, 2.24) is 0 Å². The van der Waals surface area contributed by atoms with Gasteiger partial charge in [0.2, 0.25) is 0 Å². The second-order valence-corrected chi connectivity index (χ2v) is 4.43. The molecular weight excluding hydrogens is 292 g/mol. The number of aliphatic hydroxyl groups is 2. The molecule has 8 N–H and O–H groups in total. The van der Waals surface area contributed by atoms with Crippen LogP contribution in [0.1, 0.15) is 51.4 Å². The van der Waals surface area contributed by atoms with Crippen LogP contribution in [0.3, 0.4) is 0 Å². The third-order valence-corrected chi connectivity index (χ3v) is 2.29. The Morgan fingerprint density at radius 3 is 1.14 bits per heavy atom. The summed E-state index contributed by atoms with van der Waals surface area (Å²) in [5, 5.41) is 31.5. The van der Waals surface area contributed by atoms with Gasteiger partial charge in [-0.3, -0.25) is 9.59 Å². The predicted octanol–water partition coefficient (Wildman–Crippen LogP) is 0.151. The summed E-state index contributed by atoms with van der Waals surface area (Å²) < 4.78 is 0. The van der Waals surface area contributed by atoms with Gasteiger partial charge in [-0.15, -0.1) is 0 Å². The summed E-state index contributed by atoms with van der Waals surface area (Å²) in [4.78, 5) is 19.8. The van der Waals surface area contributed by atoms with E-state index in [2.05, 4.69) is 0 Å². The molecule has 134 valence electrons. The zero-order valence-corrected chi connectivity index (χ0v) is 13.2. The minimum absolute atomic E-state index is 0.0628. The van der Waals surface area contributed by atoms with Gasteiger partial charge in [0.1, 0.15) is 0 Å². The number of unbranched alkanes of at least 4 members (excludes halogenated alkanes) is 4. The fourth-order valence-electron chi connectivity index (χ4n) is 1.19. The van der Waals surface area contributed by atoms with Crippen LogP contribution in [0.15, 0.2) is 0 Å². The molecule has 0 heterocycles. The summed E-state index contributed by atoms with van der Waals surface area (Å²) in [6, 6.07) is 0. The van der Waals surface area contributed by atoms with Crippen LogP contribution in [-0.2, 0) is 9.59 Å². The number of hydrogen-bond donors (Lipinski definition) is 6. The maximum absolute atomic E-state index is 9.90. The molecule has 0 bridgehead atoms. The summed E-state index contributed by atoms with van der Waals surface area (Å²) in [5.74, 6) is -1.74. The summed E-state index contributed by atoms with van der Waals surface area (Å²) in [7, 11) is 0. The van der Waals surface area contributed by atoms with Crippen molar-refractivity contribution in [3.05, 3.63) is 0 Å². The van der Waals surface area contributed by atoms with Crippen molar-refractivity contribution < 1.29 is 30.0 Å². The molecule has 0 aromatic heterocycles. The van der Waals surface area contributed by atoms with E-state index in [4.69, 9.17) is 31.9 Å². The molecule has 0 aromatic rings. The first-order valence-corrected chi connectivity index (χ1v) is 7.51. The quantitative estimate of drug-likeness (QED) is 0.292. The average Bonchev–Trinajstić information content (AvgIpc) is 2.49. The van der Waals surface area contributed by atoms with E-state index >= 15 is 0 Å². The van der Waals surface area contributed by atoms with E-state index in [1.807, 2.05) is 0 Å². The van der Waals surface area contributed by atoms with Crippen LogP contribution in [0.5, 0.6) is 0 Å². The molecule has 0 aromatic carbocycles. The largest absolute Gasteiger partial charge is 0.481 e. The first kappa shape index (κ1) is 25.7. The Kier molecular flexibility index (Phi) is 29.0. The van der Waals surface area contributed by atoms with Crippen molar-refractivity contribution in [2.24, 2.45) is 11.5 Å². The van der Waals surface area contributed by atoms with Crippen LogP contribution < -0.4 is 11.5 Å². The highest BCUT2D eigenvalue weighted by atomic mass is 16.4. The molecule has 8 heteroatoms. The third-order valence-electron chi connectivity index (χ3n) is 2.29. The Bertz CT molecular complexity index is 215. The number of aliphatic carboxylic acids is 2. The summed E-state index contributed by atoms with van der Waals surface area (Å²) in [6.45, 7) is 1.40. The van der Waals surface area contributed by atoms with Gasteiger partial charge in [0.15, 0.2) is 0 Å². The Balaban J connectivity index is -0.000000269. The standard InChI is InChI=1S/C6H16N2.C6H10O4.C2H6O2/c7-5-3-1-2-4-6-8;7-5(8)3-1-2-4-6(9)10;3-1-2-4/h1-8H2;1-4H2,(H,7,8)(H,9,10);3-4H,1-2H2. The van der Waals surface area contributed by atoms with Crippen molar-refractivity contribution in [1.29, 1.82) is 0 Å². The Morgan fingerprint density at radius 2 is 0.955 bits per heavy atom. The van der Waals surface area contributed by atoms with E-state index in [-0.39, 0.29) is 26.1 Å². The van der Waals surface area contributed by atoms with Gasteiger partial charge in [-0.25, -0.2) is 0 Å². The van der Waals surface area contributed by atoms with Gasteiger partial charge in [0, 0.05) is 12.8 Å². The van der Waals surface area contributed by atoms with Gasteiger partial charge in [0.05, 0.1) is 13.2 Å². The molecule has 0 aliphatic rings. The number of rotatable bonds is 11. The molecule has 0 radical (unpaired) electrons. The summed E-state index contributed by atoms with van der Waals surface area (Å²) >= 11 is 0. The highest BCUT2D eigenvalue weighted by Gasteiger charge is 1.99. The number of carboxylic acid groups (broad SMARTS) is 2. The lowest BCUT2D eigenvalue weighted by atomic mass is 10.2. The lowest BCUT2D eigenvalue weighted by Crippen LogP contribution is -2.00. The fraction of sp³-hybridized carbons (Fsp3) is 0.857. The normalized spacial score (nSPS) is 9.09. The highest BCUT2D eigenvalue weighted by molar-refractivity contribution is 5.67. The average molecular weight is 324 g/mol. The first-order valence-electron chi connectivity index (χ1n) is 7.51. The number of aliphatic hydroxyl groups excluding tert-OH is 2.